The van der Waals surface area contributed by atoms with Crippen LogP contribution < -0.4 is 9.47 Å². The van der Waals surface area contributed by atoms with Gasteiger partial charge in [-0.25, -0.2) is 0 Å². The molecular weight excluding hydrogens is 444 g/mol. The minimum absolute atomic E-state index is 0.126. The molecule has 160 valence electrons. The Kier molecular flexibility index (Phi) is 6.64. The topological polar surface area (TPSA) is 42.0 Å². The summed E-state index contributed by atoms with van der Waals surface area (Å²) >= 11 is 3.53. The molecule has 4 rings (SSSR count). The fraction of sp³-hybridized carbons (Fsp3) is 0.458. The van der Waals surface area contributed by atoms with Gasteiger partial charge in [-0.2, -0.15) is 0 Å². The van der Waals surface area contributed by atoms with E-state index in [0.29, 0.717) is 18.8 Å². The van der Waals surface area contributed by atoms with Crippen LogP contribution in [0.25, 0.3) is 0 Å². The molecular formula is C24H29BrN2O3. The van der Waals surface area contributed by atoms with Crippen molar-refractivity contribution in [2.75, 3.05) is 40.4 Å². The van der Waals surface area contributed by atoms with E-state index < -0.39 is 0 Å². The lowest BCUT2D eigenvalue weighted by atomic mass is 9.87. The van der Waals surface area contributed by atoms with Crippen LogP contribution >= 0.6 is 15.9 Å². The molecule has 2 aliphatic rings. The largest absolute Gasteiger partial charge is 0.493 e. The van der Waals surface area contributed by atoms with Crippen LogP contribution in [0.1, 0.15) is 42.0 Å². The Balaban J connectivity index is 1.71. The molecule has 1 atom stereocenters. The molecule has 1 amide bonds. The summed E-state index contributed by atoms with van der Waals surface area (Å²) in [6.45, 7) is 3.24. The SMILES string of the molecule is COc1cc2c(cc1OC)[C@H](c1ccc(Br)cc1)N(C(=O)CN1CCCCC1)CC2. The van der Waals surface area contributed by atoms with Gasteiger partial charge in [0, 0.05) is 11.0 Å². The van der Waals surface area contributed by atoms with Gasteiger partial charge in [0.1, 0.15) is 0 Å². The summed E-state index contributed by atoms with van der Waals surface area (Å²) < 4.78 is 12.1. The van der Waals surface area contributed by atoms with Crippen LogP contribution in [0, 0.1) is 0 Å². The highest BCUT2D eigenvalue weighted by Gasteiger charge is 2.34. The highest BCUT2D eigenvalue weighted by molar-refractivity contribution is 9.10. The third-order valence-corrected chi connectivity index (χ3v) is 6.72. The van der Waals surface area contributed by atoms with Gasteiger partial charge in [-0.15, -0.1) is 0 Å². The average molecular weight is 473 g/mol. The van der Waals surface area contributed by atoms with Crippen LogP contribution in [0.3, 0.4) is 0 Å². The summed E-state index contributed by atoms with van der Waals surface area (Å²) in [6.07, 6.45) is 4.45. The van der Waals surface area contributed by atoms with Gasteiger partial charge in [-0.3, -0.25) is 9.69 Å². The predicted octanol–water partition coefficient (Wildman–Crippen LogP) is 4.43. The second-order valence-corrected chi connectivity index (χ2v) is 8.95. The number of ether oxygens (including phenoxy) is 2. The lowest BCUT2D eigenvalue weighted by Crippen LogP contribution is -2.46. The molecule has 0 aliphatic carbocycles. The molecule has 6 heteroatoms. The fourth-order valence-electron chi connectivity index (χ4n) is 4.62. The molecule has 30 heavy (non-hydrogen) atoms. The molecule has 2 aliphatic heterocycles. The van der Waals surface area contributed by atoms with Crippen molar-refractivity contribution in [2.45, 2.75) is 31.7 Å². The normalized spacial score (nSPS) is 19.3. The molecule has 0 bridgehead atoms. The van der Waals surface area contributed by atoms with Crippen LogP contribution in [-0.4, -0.2) is 56.1 Å². The van der Waals surface area contributed by atoms with E-state index in [1.807, 2.05) is 23.1 Å². The first-order valence-electron chi connectivity index (χ1n) is 10.6. The second-order valence-electron chi connectivity index (χ2n) is 8.03. The fourth-order valence-corrected chi connectivity index (χ4v) is 4.88. The van der Waals surface area contributed by atoms with Crippen molar-refractivity contribution in [2.24, 2.45) is 0 Å². The second kappa shape index (κ2) is 9.40. The molecule has 0 radical (unpaired) electrons. The van der Waals surface area contributed by atoms with Gasteiger partial charge in [-0.05, 0) is 73.3 Å². The Hall–Kier alpha value is -2.05. The van der Waals surface area contributed by atoms with Gasteiger partial charge in [0.25, 0.3) is 0 Å². The molecule has 0 aromatic heterocycles. The zero-order valence-electron chi connectivity index (χ0n) is 17.7. The highest BCUT2D eigenvalue weighted by atomic mass is 79.9. The number of benzene rings is 2. The number of fused-ring (bicyclic) bond motifs is 1. The number of rotatable bonds is 5. The summed E-state index contributed by atoms with van der Waals surface area (Å²) in [6, 6.07) is 12.3. The van der Waals surface area contributed by atoms with Crippen molar-refractivity contribution in [1.29, 1.82) is 0 Å². The monoisotopic (exact) mass is 472 g/mol. The van der Waals surface area contributed by atoms with E-state index in [-0.39, 0.29) is 11.9 Å². The third kappa shape index (κ3) is 4.35. The molecule has 0 unspecified atom stereocenters. The minimum Gasteiger partial charge on any atom is -0.493 e. The van der Waals surface area contributed by atoms with E-state index in [4.69, 9.17) is 9.47 Å². The number of likely N-dealkylation sites (tertiary alicyclic amines) is 1. The smallest absolute Gasteiger partial charge is 0.237 e. The number of carbonyl (C=O) groups is 1. The van der Waals surface area contributed by atoms with Gasteiger partial charge >= 0.3 is 0 Å². The summed E-state index contributed by atoms with van der Waals surface area (Å²) in [5.74, 6) is 1.63. The van der Waals surface area contributed by atoms with Gasteiger partial charge < -0.3 is 14.4 Å². The maximum atomic E-state index is 13.4. The maximum Gasteiger partial charge on any atom is 0.237 e. The molecule has 5 nitrogen and oxygen atoms in total. The minimum atomic E-state index is -0.126. The zero-order valence-corrected chi connectivity index (χ0v) is 19.3. The first-order valence-corrected chi connectivity index (χ1v) is 11.4. The Morgan fingerprint density at radius 2 is 1.67 bits per heavy atom. The maximum absolute atomic E-state index is 13.4. The summed E-state index contributed by atoms with van der Waals surface area (Å²) in [5.41, 5.74) is 3.44. The van der Waals surface area contributed by atoms with Crippen LogP contribution in [0.2, 0.25) is 0 Å². The Morgan fingerprint density at radius 3 is 2.33 bits per heavy atom. The van der Waals surface area contributed by atoms with Crippen molar-refractivity contribution >= 4 is 21.8 Å². The van der Waals surface area contributed by atoms with Gasteiger partial charge in [0.15, 0.2) is 11.5 Å². The van der Waals surface area contributed by atoms with Crippen LogP contribution in [0.5, 0.6) is 11.5 Å². The predicted molar refractivity (Wildman–Crippen MR) is 121 cm³/mol. The Morgan fingerprint density at radius 1 is 1.00 bits per heavy atom. The molecule has 2 heterocycles. The highest BCUT2D eigenvalue weighted by Crippen LogP contribution is 2.41. The summed E-state index contributed by atoms with van der Waals surface area (Å²) in [7, 11) is 3.31. The lowest BCUT2D eigenvalue weighted by Gasteiger charge is -2.39. The number of nitrogens with zero attached hydrogens (tertiary/aromatic N) is 2. The number of piperidine rings is 1. The molecule has 2 aromatic rings. The summed E-state index contributed by atoms with van der Waals surface area (Å²) in [4.78, 5) is 17.8. The first kappa shape index (κ1) is 21.2. The Bertz CT molecular complexity index is 894. The molecule has 0 N–H and O–H groups in total. The zero-order chi connectivity index (χ0) is 21.1. The summed E-state index contributed by atoms with van der Waals surface area (Å²) in [5, 5.41) is 0. The number of methoxy groups -OCH3 is 2. The van der Waals surface area contributed by atoms with Crippen molar-refractivity contribution in [3.63, 3.8) is 0 Å². The van der Waals surface area contributed by atoms with E-state index in [1.165, 1.54) is 24.8 Å². The van der Waals surface area contributed by atoms with Crippen molar-refractivity contribution in [1.82, 2.24) is 9.80 Å². The molecule has 2 aromatic carbocycles. The molecule has 1 saturated heterocycles. The number of hydrogen-bond acceptors (Lipinski definition) is 4. The van der Waals surface area contributed by atoms with Gasteiger partial charge in [0.05, 0.1) is 26.8 Å². The van der Waals surface area contributed by atoms with Crippen LogP contribution in [-0.2, 0) is 11.2 Å². The van der Waals surface area contributed by atoms with Crippen LogP contribution in [0.15, 0.2) is 40.9 Å². The number of amides is 1. The molecule has 1 fully saturated rings. The molecule has 0 spiro atoms. The number of hydrogen-bond donors (Lipinski definition) is 0. The van der Waals surface area contributed by atoms with Crippen molar-refractivity contribution < 1.29 is 14.3 Å². The van der Waals surface area contributed by atoms with Crippen LogP contribution in [0.4, 0.5) is 0 Å². The quantitative estimate of drug-likeness (QED) is 0.645. The molecule has 0 saturated carbocycles. The van der Waals surface area contributed by atoms with Gasteiger partial charge in [-0.1, -0.05) is 34.5 Å². The van der Waals surface area contributed by atoms with E-state index in [1.54, 1.807) is 14.2 Å². The van der Waals surface area contributed by atoms with E-state index >= 15 is 0 Å². The third-order valence-electron chi connectivity index (χ3n) is 6.19. The van der Waals surface area contributed by atoms with Crippen molar-refractivity contribution in [3.05, 3.63) is 57.6 Å². The van der Waals surface area contributed by atoms with Gasteiger partial charge in [0.2, 0.25) is 5.91 Å². The van der Waals surface area contributed by atoms with E-state index in [9.17, 15) is 4.79 Å². The first-order chi connectivity index (χ1) is 14.6. The number of carbonyl (C=O) groups excluding carboxylic acids is 1. The van der Waals surface area contributed by atoms with Crippen molar-refractivity contribution in [3.8, 4) is 11.5 Å². The van der Waals surface area contributed by atoms with E-state index in [2.05, 4.69) is 39.0 Å². The average Bonchev–Trinajstić information content (AvgIpc) is 2.78. The Labute approximate surface area is 187 Å². The number of halogens is 1. The lowest BCUT2D eigenvalue weighted by molar-refractivity contribution is -0.134. The standard InChI is InChI=1S/C24H29BrN2O3/c1-29-21-14-18-10-13-27(23(28)16-26-11-4-3-5-12-26)24(20(18)15-22(21)30-2)17-6-8-19(25)9-7-17/h6-9,14-15,24H,3-5,10-13,16H2,1-2H3/t24-/m0/s1. The van der Waals surface area contributed by atoms with E-state index in [0.717, 1.165) is 40.9 Å².